The van der Waals surface area contributed by atoms with Crippen molar-refractivity contribution in [3.8, 4) is 0 Å². The summed E-state index contributed by atoms with van der Waals surface area (Å²) >= 11 is 1.66. The number of benzene rings is 2. The van der Waals surface area contributed by atoms with Gasteiger partial charge < -0.3 is 5.32 Å². The lowest BCUT2D eigenvalue weighted by molar-refractivity contribution is 0.0538. The molecule has 4 nitrogen and oxygen atoms in total. The molecule has 0 aliphatic carbocycles. The van der Waals surface area contributed by atoms with Gasteiger partial charge >= 0.3 is 0 Å². The van der Waals surface area contributed by atoms with E-state index in [1.54, 1.807) is 11.8 Å². The molecule has 0 aromatic heterocycles. The van der Waals surface area contributed by atoms with Crippen LogP contribution in [0.4, 0.5) is 15.8 Å². The molecule has 0 atom stereocenters. The Labute approximate surface area is 152 Å². The van der Waals surface area contributed by atoms with E-state index in [0.717, 1.165) is 22.6 Å². The number of rotatable bonds is 7. The van der Waals surface area contributed by atoms with E-state index in [-0.39, 0.29) is 5.82 Å². The van der Waals surface area contributed by atoms with E-state index >= 15 is 0 Å². The Hall–Kier alpha value is -2.05. The Balaban J connectivity index is 2.52. The highest BCUT2D eigenvalue weighted by Gasteiger charge is 2.19. The number of nitrogens with one attached hydrogen (secondary N) is 2. The molecular formula is C19H23FN2O2S. The van der Waals surface area contributed by atoms with E-state index < -0.39 is 5.91 Å². The van der Waals surface area contributed by atoms with Crippen LogP contribution in [0.15, 0.2) is 35.2 Å². The zero-order valence-corrected chi connectivity index (χ0v) is 15.7. The van der Waals surface area contributed by atoms with E-state index in [4.69, 9.17) is 4.84 Å². The second-order valence-corrected chi connectivity index (χ2v) is 6.52. The monoisotopic (exact) mass is 362 g/mol. The summed E-state index contributed by atoms with van der Waals surface area (Å²) in [4.78, 5) is 18.2. The van der Waals surface area contributed by atoms with Crippen LogP contribution in [-0.4, -0.2) is 19.3 Å². The van der Waals surface area contributed by atoms with Gasteiger partial charge in [0.25, 0.3) is 5.91 Å². The lowest BCUT2D eigenvalue weighted by atomic mass is 10.0. The van der Waals surface area contributed by atoms with Crippen molar-refractivity contribution >= 4 is 29.0 Å². The maximum Gasteiger partial charge on any atom is 0.276 e. The molecule has 0 bridgehead atoms. The van der Waals surface area contributed by atoms with E-state index in [1.807, 2.05) is 32.2 Å². The molecule has 0 saturated carbocycles. The summed E-state index contributed by atoms with van der Waals surface area (Å²) in [6.45, 7) is 3.96. The van der Waals surface area contributed by atoms with Gasteiger partial charge in [0.2, 0.25) is 0 Å². The van der Waals surface area contributed by atoms with E-state index in [0.29, 0.717) is 23.2 Å². The minimum Gasteiger partial charge on any atom is -0.354 e. The third-order valence-electron chi connectivity index (χ3n) is 3.89. The van der Waals surface area contributed by atoms with Crippen LogP contribution in [0.5, 0.6) is 0 Å². The summed E-state index contributed by atoms with van der Waals surface area (Å²) in [5.74, 6) is -0.738. The lowest BCUT2D eigenvalue weighted by Crippen LogP contribution is -2.23. The molecule has 25 heavy (non-hydrogen) atoms. The number of hydrogen-bond acceptors (Lipinski definition) is 4. The summed E-state index contributed by atoms with van der Waals surface area (Å²) in [5, 5.41) is 3.26. The van der Waals surface area contributed by atoms with Crippen molar-refractivity contribution in [2.24, 2.45) is 0 Å². The first-order valence-electron chi connectivity index (χ1n) is 8.08. The summed E-state index contributed by atoms with van der Waals surface area (Å²) < 4.78 is 14.4. The number of amides is 1. The number of carbonyl (C=O) groups is 1. The zero-order chi connectivity index (χ0) is 18.4. The largest absolute Gasteiger partial charge is 0.354 e. The predicted octanol–water partition coefficient (Wildman–Crippen LogP) is 4.84. The topological polar surface area (TPSA) is 50.4 Å². The summed E-state index contributed by atoms with van der Waals surface area (Å²) in [5.41, 5.74) is 5.50. The Morgan fingerprint density at radius 3 is 2.64 bits per heavy atom. The number of halogens is 1. The molecule has 2 rings (SSSR count). The van der Waals surface area contributed by atoms with Crippen molar-refractivity contribution in [3.63, 3.8) is 0 Å². The van der Waals surface area contributed by atoms with Crippen molar-refractivity contribution in [1.29, 1.82) is 0 Å². The minimum atomic E-state index is -0.416. The molecule has 0 saturated heterocycles. The quantitative estimate of drug-likeness (QED) is 0.546. The van der Waals surface area contributed by atoms with Gasteiger partial charge in [0, 0.05) is 16.1 Å². The van der Waals surface area contributed by atoms with Gasteiger partial charge in [-0.25, -0.2) is 9.87 Å². The standard InChI is InChI=1S/C19H23FN2O2S/c1-5-6-14-16(20)9-8-15(19(23)22-24-3)18(14)21-17-10-7-13(25-4)11-12(17)2/h7-11,21H,5-6H2,1-4H3,(H,22,23). The van der Waals surface area contributed by atoms with Crippen LogP contribution in [0.2, 0.25) is 0 Å². The highest BCUT2D eigenvalue weighted by atomic mass is 32.2. The van der Waals surface area contributed by atoms with Gasteiger partial charge in [-0.3, -0.25) is 9.63 Å². The van der Waals surface area contributed by atoms with Gasteiger partial charge in [0.05, 0.1) is 18.4 Å². The maximum atomic E-state index is 14.4. The highest BCUT2D eigenvalue weighted by molar-refractivity contribution is 7.98. The Kier molecular flexibility index (Phi) is 6.84. The maximum absolute atomic E-state index is 14.4. The van der Waals surface area contributed by atoms with Gasteiger partial charge in [-0.2, -0.15) is 0 Å². The SMILES string of the molecule is CCCc1c(F)ccc(C(=O)NOC)c1Nc1ccc(SC)cc1C. The molecular weight excluding hydrogens is 339 g/mol. The second kappa shape index (κ2) is 8.87. The first-order chi connectivity index (χ1) is 12.0. The molecule has 2 aromatic carbocycles. The van der Waals surface area contributed by atoms with Crippen molar-refractivity contribution in [2.45, 2.75) is 31.6 Å². The van der Waals surface area contributed by atoms with Gasteiger partial charge in [-0.15, -0.1) is 11.8 Å². The fourth-order valence-electron chi connectivity index (χ4n) is 2.63. The van der Waals surface area contributed by atoms with Gasteiger partial charge in [0.1, 0.15) is 5.82 Å². The van der Waals surface area contributed by atoms with E-state index in [2.05, 4.69) is 16.9 Å². The molecule has 1 amide bonds. The molecule has 0 unspecified atom stereocenters. The van der Waals surface area contributed by atoms with Crippen LogP contribution in [0.1, 0.15) is 34.8 Å². The van der Waals surface area contributed by atoms with E-state index in [1.165, 1.54) is 19.2 Å². The van der Waals surface area contributed by atoms with Crippen LogP contribution in [0, 0.1) is 12.7 Å². The molecule has 134 valence electrons. The van der Waals surface area contributed by atoms with Crippen molar-refractivity contribution in [1.82, 2.24) is 5.48 Å². The minimum absolute atomic E-state index is 0.322. The summed E-state index contributed by atoms with van der Waals surface area (Å²) in [6, 6.07) is 8.79. The second-order valence-electron chi connectivity index (χ2n) is 5.64. The number of hydroxylamine groups is 1. The van der Waals surface area contributed by atoms with Crippen LogP contribution in [-0.2, 0) is 11.3 Å². The molecule has 0 spiro atoms. The van der Waals surface area contributed by atoms with Gasteiger partial charge in [-0.05, 0) is 55.5 Å². The lowest BCUT2D eigenvalue weighted by Gasteiger charge is -2.18. The Morgan fingerprint density at radius 2 is 2.04 bits per heavy atom. The molecule has 6 heteroatoms. The third kappa shape index (κ3) is 4.52. The molecule has 0 heterocycles. The third-order valence-corrected chi connectivity index (χ3v) is 4.61. The van der Waals surface area contributed by atoms with Crippen LogP contribution >= 0.6 is 11.8 Å². The summed E-state index contributed by atoms with van der Waals surface area (Å²) in [7, 11) is 1.37. The molecule has 2 aromatic rings. The number of hydrogen-bond donors (Lipinski definition) is 2. The van der Waals surface area contributed by atoms with Crippen LogP contribution in [0.25, 0.3) is 0 Å². The number of anilines is 2. The molecule has 0 radical (unpaired) electrons. The number of aryl methyl sites for hydroxylation is 1. The molecule has 0 aliphatic heterocycles. The molecule has 0 fully saturated rings. The fraction of sp³-hybridized carbons (Fsp3) is 0.316. The number of thioether (sulfide) groups is 1. The molecule has 0 aliphatic rings. The van der Waals surface area contributed by atoms with Crippen molar-refractivity contribution < 1.29 is 14.0 Å². The normalized spacial score (nSPS) is 10.6. The zero-order valence-electron chi connectivity index (χ0n) is 14.9. The smallest absolute Gasteiger partial charge is 0.276 e. The Bertz CT molecular complexity index is 765. The number of carbonyl (C=O) groups excluding carboxylic acids is 1. The Morgan fingerprint density at radius 1 is 1.28 bits per heavy atom. The average Bonchev–Trinajstić information content (AvgIpc) is 2.59. The average molecular weight is 362 g/mol. The molecule has 2 N–H and O–H groups in total. The summed E-state index contributed by atoms with van der Waals surface area (Å²) in [6.07, 6.45) is 3.32. The van der Waals surface area contributed by atoms with Crippen molar-refractivity contribution in [3.05, 3.63) is 52.8 Å². The van der Waals surface area contributed by atoms with Crippen LogP contribution < -0.4 is 10.8 Å². The fourth-order valence-corrected chi connectivity index (χ4v) is 3.13. The first kappa shape index (κ1) is 19.3. The van der Waals surface area contributed by atoms with Crippen molar-refractivity contribution in [2.75, 3.05) is 18.7 Å². The first-order valence-corrected chi connectivity index (χ1v) is 9.30. The van der Waals surface area contributed by atoms with Gasteiger partial charge in [0.15, 0.2) is 0 Å². The van der Waals surface area contributed by atoms with Gasteiger partial charge in [-0.1, -0.05) is 13.3 Å². The van der Waals surface area contributed by atoms with Crippen LogP contribution in [0.3, 0.4) is 0 Å². The highest BCUT2D eigenvalue weighted by Crippen LogP contribution is 2.31. The predicted molar refractivity (Wildman–Crippen MR) is 101 cm³/mol. The van der Waals surface area contributed by atoms with E-state index in [9.17, 15) is 9.18 Å².